The molecular weight excluding hydrogens is 409 g/mol. The average molecular weight is 431 g/mol. The van der Waals surface area contributed by atoms with Crippen LogP contribution >= 0.6 is 0 Å². The van der Waals surface area contributed by atoms with E-state index < -0.39 is 17.8 Å². The van der Waals surface area contributed by atoms with Crippen LogP contribution in [0.5, 0.6) is 0 Å². The second-order valence-electron chi connectivity index (χ2n) is 7.84. The summed E-state index contributed by atoms with van der Waals surface area (Å²) in [5, 5.41) is 13.1. The molecule has 32 heavy (non-hydrogen) atoms. The van der Waals surface area contributed by atoms with E-state index in [4.69, 9.17) is 4.42 Å². The number of nitrogens with one attached hydrogen (secondary N) is 1. The van der Waals surface area contributed by atoms with Crippen molar-refractivity contribution in [1.29, 1.82) is 0 Å². The van der Waals surface area contributed by atoms with Gasteiger partial charge in [-0.25, -0.2) is 9.18 Å². The SMILES string of the molecule is Cc1cc(C(C)Nc2ccc(F)cc2C(=O)O)c2oc(-c3ccccc3)c(C)c(=O)c2c1. The molecule has 4 aromatic rings. The second kappa shape index (κ2) is 8.30. The summed E-state index contributed by atoms with van der Waals surface area (Å²) in [5.74, 6) is -1.37. The maximum atomic E-state index is 13.6. The van der Waals surface area contributed by atoms with Crippen LogP contribution in [0.25, 0.3) is 22.3 Å². The fourth-order valence-electron chi connectivity index (χ4n) is 3.88. The fraction of sp³-hybridized carbons (Fsp3) is 0.154. The summed E-state index contributed by atoms with van der Waals surface area (Å²) in [4.78, 5) is 24.8. The molecule has 1 aromatic heterocycles. The molecule has 0 bridgehead atoms. The first kappa shape index (κ1) is 21.3. The third-order valence-corrected chi connectivity index (χ3v) is 5.48. The van der Waals surface area contributed by atoms with Crippen molar-refractivity contribution in [2.75, 3.05) is 5.32 Å². The van der Waals surface area contributed by atoms with Gasteiger partial charge in [-0.15, -0.1) is 0 Å². The van der Waals surface area contributed by atoms with E-state index in [9.17, 15) is 19.1 Å². The smallest absolute Gasteiger partial charge is 0.337 e. The Bertz CT molecular complexity index is 1390. The van der Waals surface area contributed by atoms with Crippen LogP contribution in [0.2, 0.25) is 0 Å². The highest BCUT2D eigenvalue weighted by molar-refractivity contribution is 5.94. The fourth-order valence-corrected chi connectivity index (χ4v) is 3.88. The Morgan fingerprint density at radius 3 is 2.47 bits per heavy atom. The van der Waals surface area contributed by atoms with Crippen LogP contribution < -0.4 is 10.7 Å². The zero-order chi connectivity index (χ0) is 23.0. The van der Waals surface area contributed by atoms with Crippen LogP contribution in [0.4, 0.5) is 10.1 Å². The van der Waals surface area contributed by atoms with Crippen LogP contribution in [0.3, 0.4) is 0 Å². The first-order valence-electron chi connectivity index (χ1n) is 10.2. The molecule has 0 saturated carbocycles. The van der Waals surface area contributed by atoms with E-state index in [2.05, 4.69) is 5.32 Å². The Kier molecular flexibility index (Phi) is 5.53. The van der Waals surface area contributed by atoms with Gasteiger partial charge in [-0.1, -0.05) is 36.4 Å². The molecule has 0 spiro atoms. The van der Waals surface area contributed by atoms with Gasteiger partial charge in [0.05, 0.1) is 17.0 Å². The summed E-state index contributed by atoms with van der Waals surface area (Å²) in [7, 11) is 0. The molecule has 162 valence electrons. The Hall–Kier alpha value is -3.93. The summed E-state index contributed by atoms with van der Waals surface area (Å²) in [6.07, 6.45) is 0. The predicted molar refractivity (Wildman–Crippen MR) is 123 cm³/mol. The largest absolute Gasteiger partial charge is 0.478 e. The van der Waals surface area contributed by atoms with Crippen molar-refractivity contribution in [1.82, 2.24) is 0 Å². The lowest BCUT2D eigenvalue weighted by Gasteiger charge is -2.20. The number of halogens is 1. The van der Waals surface area contributed by atoms with Gasteiger partial charge < -0.3 is 14.8 Å². The lowest BCUT2D eigenvalue weighted by Crippen LogP contribution is -2.14. The van der Waals surface area contributed by atoms with Crippen LogP contribution in [-0.4, -0.2) is 11.1 Å². The number of carboxylic acid groups (broad SMARTS) is 1. The van der Waals surface area contributed by atoms with Gasteiger partial charge in [0.2, 0.25) is 0 Å². The van der Waals surface area contributed by atoms with E-state index in [1.165, 1.54) is 12.1 Å². The van der Waals surface area contributed by atoms with E-state index in [0.717, 1.165) is 17.2 Å². The molecule has 0 amide bonds. The van der Waals surface area contributed by atoms with Crippen molar-refractivity contribution in [3.05, 3.63) is 99.0 Å². The molecule has 0 aliphatic rings. The van der Waals surface area contributed by atoms with Gasteiger partial charge in [-0.2, -0.15) is 0 Å². The van der Waals surface area contributed by atoms with Crippen molar-refractivity contribution < 1.29 is 18.7 Å². The van der Waals surface area contributed by atoms with Crippen molar-refractivity contribution in [3.63, 3.8) is 0 Å². The number of hydrogen-bond acceptors (Lipinski definition) is 4. The Morgan fingerprint density at radius 1 is 1.06 bits per heavy atom. The van der Waals surface area contributed by atoms with Crippen molar-refractivity contribution in [2.24, 2.45) is 0 Å². The number of carboxylic acids is 1. The molecule has 1 unspecified atom stereocenters. The number of aryl methyl sites for hydroxylation is 1. The highest BCUT2D eigenvalue weighted by Crippen LogP contribution is 2.32. The van der Waals surface area contributed by atoms with Crippen LogP contribution in [0.1, 0.15) is 40.0 Å². The van der Waals surface area contributed by atoms with Crippen molar-refractivity contribution in [3.8, 4) is 11.3 Å². The van der Waals surface area contributed by atoms with E-state index in [1.54, 1.807) is 13.0 Å². The molecule has 2 N–H and O–H groups in total. The second-order valence-corrected chi connectivity index (χ2v) is 7.84. The molecule has 1 heterocycles. The number of carbonyl (C=O) groups is 1. The van der Waals surface area contributed by atoms with Crippen LogP contribution in [0.15, 0.2) is 69.9 Å². The third-order valence-electron chi connectivity index (χ3n) is 5.48. The minimum absolute atomic E-state index is 0.115. The summed E-state index contributed by atoms with van der Waals surface area (Å²) < 4.78 is 19.9. The molecule has 5 nitrogen and oxygen atoms in total. The monoisotopic (exact) mass is 431 g/mol. The maximum Gasteiger partial charge on any atom is 0.337 e. The van der Waals surface area contributed by atoms with Gasteiger partial charge in [0, 0.05) is 22.4 Å². The Balaban J connectivity index is 1.88. The number of aromatic carboxylic acids is 1. The zero-order valence-corrected chi connectivity index (χ0v) is 17.9. The molecule has 1 atom stereocenters. The molecule has 0 aliphatic carbocycles. The number of rotatable bonds is 5. The molecule has 0 radical (unpaired) electrons. The lowest BCUT2D eigenvalue weighted by molar-refractivity contribution is 0.0697. The highest BCUT2D eigenvalue weighted by Gasteiger charge is 2.20. The van der Waals surface area contributed by atoms with Crippen molar-refractivity contribution in [2.45, 2.75) is 26.8 Å². The standard InChI is InChI=1S/C26H22FNO4/c1-14-11-19(16(3)28-22-10-9-18(27)13-20(22)26(30)31)25-21(12-14)23(29)15(2)24(32-25)17-7-5-4-6-8-17/h4-13,16,28H,1-3H3,(H,30,31). The van der Waals surface area contributed by atoms with Gasteiger partial charge in [0.15, 0.2) is 5.43 Å². The van der Waals surface area contributed by atoms with Crippen molar-refractivity contribution >= 4 is 22.6 Å². The summed E-state index contributed by atoms with van der Waals surface area (Å²) in [6, 6.07) is 16.2. The maximum absolute atomic E-state index is 13.6. The number of hydrogen-bond donors (Lipinski definition) is 2. The molecule has 0 fully saturated rings. The van der Waals surface area contributed by atoms with Gasteiger partial charge in [-0.05, 0) is 50.6 Å². The van der Waals surface area contributed by atoms with Gasteiger partial charge in [0.1, 0.15) is 17.2 Å². The molecule has 0 aliphatic heterocycles. The first-order valence-corrected chi connectivity index (χ1v) is 10.2. The van der Waals surface area contributed by atoms with Crippen LogP contribution in [-0.2, 0) is 0 Å². The van der Waals surface area contributed by atoms with E-state index in [-0.39, 0.29) is 16.7 Å². The molecule has 3 aromatic carbocycles. The van der Waals surface area contributed by atoms with Gasteiger partial charge in [-0.3, -0.25) is 4.79 Å². The molecule has 4 rings (SSSR count). The molecule has 0 saturated heterocycles. The Morgan fingerprint density at radius 2 is 1.78 bits per heavy atom. The highest BCUT2D eigenvalue weighted by atomic mass is 19.1. The predicted octanol–water partition coefficient (Wildman–Crippen LogP) is 6.09. The molecule has 6 heteroatoms. The average Bonchev–Trinajstić information content (AvgIpc) is 2.77. The quantitative estimate of drug-likeness (QED) is 0.400. The molecular formula is C26H22FNO4. The minimum Gasteiger partial charge on any atom is -0.478 e. The van der Waals surface area contributed by atoms with E-state index >= 15 is 0 Å². The number of benzene rings is 3. The normalized spacial score (nSPS) is 12.0. The summed E-state index contributed by atoms with van der Waals surface area (Å²) in [5.41, 5.74) is 3.32. The summed E-state index contributed by atoms with van der Waals surface area (Å²) >= 11 is 0. The first-order chi connectivity index (χ1) is 15.3. The number of fused-ring (bicyclic) bond motifs is 1. The summed E-state index contributed by atoms with van der Waals surface area (Å²) in [6.45, 7) is 5.47. The van der Waals surface area contributed by atoms with Gasteiger partial charge >= 0.3 is 5.97 Å². The third kappa shape index (κ3) is 3.87. The topological polar surface area (TPSA) is 79.5 Å². The lowest BCUT2D eigenvalue weighted by atomic mass is 9.98. The van der Waals surface area contributed by atoms with Gasteiger partial charge in [0.25, 0.3) is 0 Å². The number of anilines is 1. The van der Waals surface area contributed by atoms with Crippen LogP contribution in [0, 0.1) is 19.7 Å². The zero-order valence-electron chi connectivity index (χ0n) is 17.9. The van der Waals surface area contributed by atoms with E-state index in [1.807, 2.05) is 50.2 Å². The van der Waals surface area contributed by atoms with E-state index in [0.29, 0.717) is 27.9 Å². The Labute approximate surface area is 184 Å². The minimum atomic E-state index is -1.23.